The van der Waals surface area contributed by atoms with Crippen LogP contribution < -0.4 is 31.9 Å². The lowest BCUT2D eigenvalue weighted by Gasteiger charge is -2.36. The molecule has 336 valence electrons. The molecule has 7 N–H and O–H groups in total. The van der Waals surface area contributed by atoms with Crippen molar-refractivity contribution in [3.63, 3.8) is 0 Å². The van der Waals surface area contributed by atoms with Gasteiger partial charge in [0.05, 0.1) is 6.54 Å². The zero-order valence-corrected chi connectivity index (χ0v) is 36.7. The minimum atomic E-state index is -2.07. The van der Waals surface area contributed by atoms with Crippen molar-refractivity contribution in [2.45, 2.75) is 102 Å². The van der Waals surface area contributed by atoms with E-state index in [0.717, 1.165) is 23.3 Å². The average molecular weight is 871 g/mol. The molecule has 6 amide bonds. The number of hydrogen-bond donors (Lipinski definition) is 7. The van der Waals surface area contributed by atoms with Crippen LogP contribution in [0.4, 0.5) is 13.6 Å². The van der Waals surface area contributed by atoms with E-state index in [1.807, 2.05) is 6.07 Å². The summed E-state index contributed by atoms with van der Waals surface area (Å²) in [5, 5.41) is 27.4. The van der Waals surface area contributed by atoms with Gasteiger partial charge in [-0.3, -0.25) is 24.0 Å². The first kappa shape index (κ1) is 49.0. The molecule has 1 atom stereocenters. The van der Waals surface area contributed by atoms with Crippen molar-refractivity contribution < 1.29 is 47.4 Å². The molecule has 0 saturated heterocycles. The van der Waals surface area contributed by atoms with Crippen LogP contribution in [0.25, 0.3) is 0 Å². The lowest BCUT2D eigenvalue weighted by atomic mass is 9.85. The Labute approximate surface area is 366 Å². The summed E-state index contributed by atoms with van der Waals surface area (Å²) in [7, 11) is 0. The number of amides is 6. The number of hydrogen-bond acceptors (Lipinski definition) is 8. The van der Waals surface area contributed by atoms with Crippen LogP contribution in [-0.4, -0.2) is 75.5 Å². The molecule has 0 aliphatic heterocycles. The van der Waals surface area contributed by atoms with Crippen LogP contribution in [0, 0.1) is 11.6 Å². The van der Waals surface area contributed by atoms with E-state index < -0.39 is 87.6 Å². The molecule has 0 aliphatic rings. The van der Waals surface area contributed by atoms with E-state index in [1.54, 1.807) is 54.6 Å². The first-order valence-electron chi connectivity index (χ1n) is 20.2. The predicted octanol–water partition coefficient (Wildman–Crippen LogP) is 4.43. The summed E-state index contributed by atoms with van der Waals surface area (Å²) in [6.45, 7) is 10.6. The number of carbonyl (C=O) groups is 6. The maximum Gasteiger partial charge on any atom is 0.408 e. The predicted molar refractivity (Wildman–Crippen MR) is 231 cm³/mol. The number of rotatable bonds is 18. The van der Waals surface area contributed by atoms with Crippen molar-refractivity contribution in [2.24, 2.45) is 0 Å². The number of ether oxygens (including phenoxy) is 1. The van der Waals surface area contributed by atoms with Crippen LogP contribution in [0.2, 0.25) is 0 Å². The molecule has 0 spiro atoms. The second kappa shape index (κ2) is 20.0. The lowest BCUT2D eigenvalue weighted by Crippen LogP contribution is -2.68. The standard InChI is InChI=1S/C47H56F2N6O8/c1-43(2,38(57)50-29-47(62,32-21-15-23-34(48)26-32)33-22-16-24-35(49)27-33)53-40(59)45(5,6)55-41(60)46(7,8)54-39(58)44(3,4)52-37(56)36(25-30-17-11-9-12-18-30)51-42(61)63-28-31-19-13-10-14-20-31/h9-24,26-27,36,62H,25,28-29H2,1-8H3,(H,50,57)(H,51,61)(H,52,56)(H,53,59)(H,54,58)(H,55,60)/t36-/m0/s1. The Hall–Kier alpha value is -6.68. The van der Waals surface area contributed by atoms with Gasteiger partial charge in [-0.2, -0.15) is 0 Å². The van der Waals surface area contributed by atoms with Crippen LogP contribution in [0.15, 0.2) is 109 Å². The van der Waals surface area contributed by atoms with Crippen molar-refractivity contribution in [2.75, 3.05) is 6.54 Å². The zero-order chi connectivity index (χ0) is 46.8. The van der Waals surface area contributed by atoms with Crippen LogP contribution in [0.3, 0.4) is 0 Å². The molecule has 0 radical (unpaired) electrons. The lowest BCUT2D eigenvalue weighted by molar-refractivity contribution is -0.141. The fourth-order valence-electron chi connectivity index (χ4n) is 6.20. The minimum Gasteiger partial charge on any atom is -0.445 e. The fraction of sp³-hybridized carbons (Fsp3) is 0.362. The molecule has 16 heteroatoms. The summed E-state index contributed by atoms with van der Waals surface area (Å²) in [6, 6.07) is 26.8. The Balaban J connectivity index is 1.38. The SMILES string of the molecule is CC(C)(NC(=O)[C@H](Cc1ccccc1)NC(=O)OCc1ccccc1)C(=O)NC(C)(C)C(=O)NC(C)(C)C(=O)NC(C)(C)C(=O)NCC(O)(c1cccc(F)c1)c1cccc(F)c1. The van der Waals surface area contributed by atoms with Crippen molar-refractivity contribution in [3.05, 3.63) is 143 Å². The van der Waals surface area contributed by atoms with Gasteiger partial charge in [0.2, 0.25) is 29.5 Å². The number of halogens is 2. The van der Waals surface area contributed by atoms with Crippen LogP contribution in [0.5, 0.6) is 0 Å². The Bertz CT molecular complexity index is 2240. The summed E-state index contributed by atoms with van der Waals surface area (Å²) in [5.74, 6) is -5.16. The molecular weight excluding hydrogens is 815 g/mol. The van der Waals surface area contributed by atoms with E-state index in [4.69, 9.17) is 4.74 Å². The quantitative estimate of drug-likeness (QED) is 0.0761. The Morgan fingerprint density at radius 3 is 1.41 bits per heavy atom. The Kier molecular flexibility index (Phi) is 15.6. The third-order valence-corrected chi connectivity index (χ3v) is 10.2. The van der Waals surface area contributed by atoms with Gasteiger partial charge in [-0.1, -0.05) is 84.9 Å². The Morgan fingerprint density at radius 2 is 0.968 bits per heavy atom. The van der Waals surface area contributed by atoms with Gasteiger partial charge in [0.25, 0.3) is 0 Å². The molecule has 0 fully saturated rings. The molecule has 4 aromatic carbocycles. The first-order chi connectivity index (χ1) is 29.3. The van der Waals surface area contributed by atoms with E-state index >= 15 is 0 Å². The van der Waals surface area contributed by atoms with Crippen LogP contribution >= 0.6 is 0 Å². The van der Waals surface area contributed by atoms with Gasteiger partial charge < -0.3 is 41.7 Å². The average Bonchev–Trinajstić information content (AvgIpc) is 3.21. The number of aliphatic hydroxyl groups is 1. The van der Waals surface area contributed by atoms with E-state index in [-0.39, 0.29) is 24.2 Å². The molecule has 4 aromatic rings. The maximum atomic E-state index is 14.2. The topological polar surface area (TPSA) is 204 Å². The van der Waals surface area contributed by atoms with Gasteiger partial charge in [0.15, 0.2) is 0 Å². The highest BCUT2D eigenvalue weighted by atomic mass is 19.1. The Morgan fingerprint density at radius 1 is 0.556 bits per heavy atom. The van der Waals surface area contributed by atoms with Gasteiger partial charge in [0.1, 0.15) is 52.0 Å². The van der Waals surface area contributed by atoms with E-state index in [2.05, 4.69) is 31.9 Å². The first-order valence-corrected chi connectivity index (χ1v) is 20.2. The largest absolute Gasteiger partial charge is 0.445 e. The maximum absolute atomic E-state index is 14.2. The normalized spacial score (nSPS) is 12.6. The molecule has 0 aromatic heterocycles. The smallest absolute Gasteiger partial charge is 0.408 e. The van der Waals surface area contributed by atoms with E-state index in [9.17, 15) is 42.7 Å². The van der Waals surface area contributed by atoms with Crippen molar-refractivity contribution in [1.29, 1.82) is 0 Å². The van der Waals surface area contributed by atoms with Crippen molar-refractivity contribution in [1.82, 2.24) is 31.9 Å². The number of alkyl carbamates (subject to hydrolysis) is 1. The summed E-state index contributed by atoms with van der Waals surface area (Å²) < 4.78 is 33.8. The van der Waals surface area contributed by atoms with Gasteiger partial charge >= 0.3 is 6.09 Å². The molecule has 0 saturated carbocycles. The highest BCUT2D eigenvalue weighted by Crippen LogP contribution is 2.30. The minimum absolute atomic E-state index is 0.0350. The van der Waals surface area contributed by atoms with Gasteiger partial charge in [-0.15, -0.1) is 0 Å². The molecular formula is C47H56F2N6O8. The second-order valence-corrected chi connectivity index (χ2v) is 17.4. The fourth-order valence-corrected chi connectivity index (χ4v) is 6.20. The van der Waals surface area contributed by atoms with E-state index in [0.29, 0.717) is 0 Å². The molecule has 0 bridgehead atoms. The highest BCUT2D eigenvalue weighted by molar-refractivity contribution is 6.00. The molecule has 0 unspecified atom stereocenters. The molecule has 4 rings (SSSR count). The molecule has 63 heavy (non-hydrogen) atoms. The van der Waals surface area contributed by atoms with E-state index in [1.165, 1.54) is 91.8 Å². The monoisotopic (exact) mass is 870 g/mol. The molecule has 14 nitrogen and oxygen atoms in total. The molecule has 0 aliphatic carbocycles. The third-order valence-electron chi connectivity index (χ3n) is 10.2. The zero-order valence-electron chi connectivity index (χ0n) is 36.7. The van der Waals surface area contributed by atoms with Gasteiger partial charge in [-0.05, 0) is 102 Å². The summed E-state index contributed by atoms with van der Waals surface area (Å²) in [4.78, 5) is 81.1. The van der Waals surface area contributed by atoms with Gasteiger partial charge in [0, 0.05) is 6.42 Å². The summed E-state index contributed by atoms with van der Waals surface area (Å²) in [6.07, 6.45) is -0.778. The second-order valence-electron chi connectivity index (χ2n) is 17.4. The molecule has 0 heterocycles. The van der Waals surface area contributed by atoms with Crippen molar-refractivity contribution in [3.8, 4) is 0 Å². The van der Waals surface area contributed by atoms with Gasteiger partial charge in [-0.25, -0.2) is 13.6 Å². The summed E-state index contributed by atoms with van der Waals surface area (Å²) >= 11 is 0. The van der Waals surface area contributed by atoms with Crippen molar-refractivity contribution >= 4 is 35.6 Å². The number of nitrogens with one attached hydrogen (secondary N) is 6. The van der Waals surface area contributed by atoms with Crippen LogP contribution in [-0.2, 0) is 47.3 Å². The third kappa shape index (κ3) is 13.4. The number of benzene rings is 4. The number of carbonyl (C=O) groups excluding carboxylic acids is 6. The van der Waals surface area contributed by atoms with Crippen LogP contribution in [0.1, 0.15) is 77.6 Å². The summed E-state index contributed by atoms with van der Waals surface area (Å²) in [5.41, 5.74) is -7.13. The highest BCUT2D eigenvalue weighted by Gasteiger charge is 2.43.